The molecule has 8 heteroatoms. The minimum absolute atomic E-state index is 0.177. The Bertz CT molecular complexity index is 1270. The number of carboxylic acids is 1. The molecule has 0 saturated heterocycles. The van der Waals surface area contributed by atoms with E-state index in [1.54, 1.807) is 23.4 Å². The number of pyridine rings is 1. The van der Waals surface area contributed by atoms with Gasteiger partial charge in [0.25, 0.3) is 0 Å². The van der Waals surface area contributed by atoms with Crippen LogP contribution in [0.25, 0.3) is 11.3 Å². The fraction of sp³-hybridized carbons (Fsp3) is 0.192. The molecule has 3 aromatic rings. The van der Waals surface area contributed by atoms with Gasteiger partial charge in [-0.2, -0.15) is 5.10 Å². The molecule has 0 fully saturated rings. The number of hydrazone groups is 1. The fourth-order valence-electron chi connectivity index (χ4n) is 4.17. The van der Waals surface area contributed by atoms with Crippen molar-refractivity contribution in [2.75, 3.05) is 0 Å². The van der Waals surface area contributed by atoms with E-state index >= 15 is 0 Å². The molecule has 2 aromatic carbocycles. The van der Waals surface area contributed by atoms with E-state index in [4.69, 9.17) is 20.2 Å². The third kappa shape index (κ3) is 3.94. The minimum atomic E-state index is -0.997. The van der Waals surface area contributed by atoms with Crippen LogP contribution in [0.15, 0.2) is 83.0 Å². The number of carbonyl (C=O) groups is 1. The van der Waals surface area contributed by atoms with Crippen molar-refractivity contribution in [1.29, 1.82) is 5.41 Å². The molecule has 1 aromatic heterocycles. The van der Waals surface area contributed by atoms with Crippen LogP contribution in [0.3, 0.4) is 0 Å². The molecular weight excluding hydrogens is 430 g/mol. The lowest BCUT2D eigenvalue weighted by Gasteiger charge is -2.34. The quantitative estimate of drug-likeness (QED) is 0.584. The summed E-state index contributed by atoms with van der Waals surface area (Å²) in [7, 11) is 0. The van der Waals surface area contributed by atoms with Gasteiger partial charge >= 0.3 is 5.97 Å². The van der Waals surface area contributed by atoms with Crippen molar-refractivity contribution in [3.05, 3.63) is 84.1 Å². The Hall–Kier alpha value is -4.33. The molecule has 3 unspecified atom stereocenters. The number of rotatable bonds is 5. The number of nitrogens with zero attached hydrogens (tertiary/aromatic N) is 4. The second-order valence-electron chi connectivity index (χ2n) is 8.14. The second-order valence-corrected chi connectivity index (χ2v) is 8.14. The summed E-state index contributed by atoms with van der Waals surface area (Å²) in [6.07, 6.45) is 3.83. The molecular formula is C26H23N5O3. The van der Waals surface area contributed by atoms with E-state index in [2.05, 4.69) is 10.1 Å². The number of hydrogen-bond acceptors (Lipinski definition) is 6. The molecule has 34 heavy (non-hydrogen) atoms. The van der Waals surface area contributed by atoms with Gasteiger partial charge in [-0.05, 0) is 42.3 Å². The Morgan fingerprint density at radius 3 is 2.50 bits per heavy atom. The number of benzene rings is 2. The number of aliphatic imine (C=N–C) groups is 1. The van der Waals surface area contributed by atoms with Crippen LogP contribution in [0, 0.1) is 11.3 Å². The van der Waals surface area contributed by atoms with Crippen LogP contribution < -0.4 is 4.74 Å². The van der Waals surface area contributed by atoms with Gasteiger partial charge in [0.15, 0.2) is 6.17 Å². The summed E-state index contributed by atoms with van der Waals surface area (Å²) >= 11 is 0. The lowest BCUT2D eigenvalue weighted by Crippen LogP contribution is -2.47. The summed E-state index contributed by atoms with van der Waals surface area (Å²) in [5.41, 5.74) is 3.06. The molecule has 0 radical (unpaired) electrons. The smallest absolute Gasteiger partial charge is 0.335 e. The summed E-state index contributed by atoms with van der Waals surface area (Å²) in [6, 6.07) is 20.2. The minimum Gasteiger partial charge on any atom is -0.478 e. The first-order valence-corrected chi connectivity index (χ1v) is 11.1. The van der Waals surface area contributed by atoms with Gasteiger partial charge in [-0.1, -0.05) is 43.3 Å². The first kappa shape index (κ1) is 21.5. The number of hydrogen-bond donors (Lipinski definition) is 2. The highest BCUT2D eigenvalue weighted by Crippen LogP contribution is 2.34. The van der Waals surface area contributed by atoms with E-state index in [0.29, 0.717) is 23.9 Å². The SMILES string of the molecule is CCC1C(=N)N2N=CC(c3ccc(-c4ccccc4)nc3)C2N=C1Oc1ccc(C(=O)O)cc1. The van der Waals surface area contributed by atoms with Gasteiger partial charge in [0.2, 0.25) is 5.90 Å². The molecule has 2 aliphatic rings. The Balaban J connectivity index is 1.42. The van der Waals surface area contributed by atoms with Crippen molar-refractivity contribution in [1.82, 2.24) is 9.99 Å². The molecule has 3 atom stereocenters. The topological polar surface area (TPSA) is 111 Å². The van der Waals surface area contributed by atoms with E-state index in [9.17, 15) is 4.79 Å². The maximum Gasteiger partial charge on any atom is 0.335 e. The molecule has 3 heterocycles. The highest BCUT2D eigenvalue weighted by Gasteiger charge is 2.42. The summed E-state index contributed by atoms with van der Waals surface area (Å²) < 4.78 is 6.05. The van der Waals surface area contributed by atoms with Gasteiger partial charge in [0.1, 0.15) is 11.6 Å². The van der Waals surface area contributed by atoms with Crippen LogP contribution in [0.1, 0.15) is 35.2 Å². The second kappa shape index (κ2) is 8.90. The molecule has 0 saturated carbocycles. The van der Waals surface area contributed by atoms with Crippen molar-refractivity contribution < 1.29 is 14.6 Å². The van der Waals surface area contributed by atoms with Crippen molar-refractivity contribution >= 4 is 23.9 Å². The van der Waals surface area contributed by atoms with Crippen LogP contribution in [-0.4, -0.2) is 45.2 Å². The Morgan fingerprint density at radius 1 is 1.09 bits per heavy atom. The first-order valence-electron chi connectivity index (χ1n) is 11.1. The number of nitrogens with one attached hydrogen (secondary N) is 1. The summed E-state index contributed by atoms with van der Waals surface area (Å²) in [4.78, 5) is 20.6. The molecule has 0 amide bonds. The van der Waals surface area contributed by atoms with Crippen LogP contribution >= 0.6 is 0 Å². The number of fused-ring (bicyclic) bond motifs is 1. The van der Waals surface area contributed by atoms with Crippen molar-refractivity contribution in [3.63, 3.8) is 0 Å². The number of aromatic nitrogens is 1. The number of carboxylic acid groups (broad SMARTS) is 1. The van der Waals surface area contributed by atoms with E-state index in [0.717, 1.165) is 16.8 Å². The molecule has 170 valence electrons. The molecule has 2 aliphatic heterocycles. The van der Waals surface area contributed by atoms with Gasteiger partial charge in [-0.3, -0.25) is 10.4 Å². The van der Waals surface area contributed by atoms with Crippen LogP contribution in [-0.2, 0) is 0 Å². The predicted molar refractivity (Wildman–Crippen MR) is 130 cm³/mol. The molecule has 2 N–H and O–H groups in total. The predicted octanol–water partition coefficient (Wildman–Crippen LogP) is 4.65. The number of amidine groups is 1. The van der Waals surface area contributed by atoms with Crippen LogP contribution in [0.2, 0.25) is 0 Å². The Kier molecular flexibility index (Phi) is 5.63. The monoisotopic (exact) mass is 453 g/mol. The van der Waals surface area contributed by atoms with E-state index in [1.165, 1.54) is 12.1 Å². The van der Waals surface area contributed by atoms with Crippen LogP contribution in [0.4, 0.5) is 0 Å². The molecule has 5 rings (SSSR count). The maximum absolute atomic E-state index is 11.1. The Labute approximate surface area is 196 Å². The third-order valence-corrected chi connectivity index (χ3v) is 6.03. The standard InChI is InChI=1S/C26H23N5O3/c1-2-20-23(27)31-24(30-25(20)34-19-11-8-17(9-12-19)26(32)33)21(15-29-31)18-10-13-22(28-14-18)16-6-4-3-5-7-16/h3-15,20-21,24,27H,2H2,1H3,(H,32,33). The zero-order chi connectivity index (χ0) is 23.7. The average Bonchev–Trinajstić information content (AvgIpc) is 3.29. The Morgan fingerprint density at radius 2 is 1.85 bits per heavy atom. The van der Waals surface area contributed by atoms with Gasteiger partial charge < -0.3 is 9.84 Å². The molecule has 0 bridgehead atoms. The lowest BCUT2D eigenvalue weighted by atomic mass is 9.95. The highest BCUT2D eigenvalue weighted by molar-refractivity contribution is 6.05. The molecule has 8 nitrogen and oxygen atoms in total. The van der Waals surface area contributed by atoms with E-state index in [-0.39, 0.29) is 17.4 Å². The zero-order valence-electron chi connectivity index (χ0n) is 18.5. The maximum atomic E-state index is 11.1. The fourth-order valence-corrected chi connectivity index (χ4v) is 4.17. The van der Waals surface area contributed by atoms with Gasteiger partial charge in [0, 0.05) is 18.0 Å². The van der Waals surface area contributed by atoms with Crippen molar-refractivity contribution in [3.8, 4) is 17.0 Å². The van der Waals surface area contributed by atoms with E-state index < -0.39 is 12.1 Å². The largest absolute Gasteiger partial charge is 0.478 e. The van der Waals surface area contributed by atoms with Gasteiger partial charge in [0.05, 0.1) is 23.1 Å². The van der Waals surface area contributed by atoms with Gasteiger partial charge in [-0.25, -0.2) is 14.8 Å². The van der Waals surface area contributed by atoms with Crippen molar-refractivity contribution in [2.24, 2.45) is 16.0 Å². The first-order chi connectivity index (χ1) is 16.5. The highest BCUT2D eigenvalue weighted by atomic mass is 16.5. The number of aromatic carboxylic acids is 1. The van der Waals surface area contributed by atoms with Crippen LogP contribution in [0.5, 0.6) is 5.75 Å². The molecule has 0 aliphatic carbocycles. The third-order valence-electron chi connectivity index (χ3n) is 6.03. The van der Waals surface area contributed by atoms with Gasteiger partial charge in [-0.15, -0.1) is 0 Å². The lowest BCUT2D eigenvalue weighted by molar-refractivity contribution is 0.0697. The zero-order valence-corrected chi connectivity index (χ0v) is 18.5. The van der Waals surface area contributed by atoms with E-state index in [1.807, 2.05) is 55.6 Å². The van der Waals surface area contributed by atoms with Crippen molar-refractivity contribution in [2.45, 2.75) is 25.4 Å². The summed E-state index contributed by atoms with van der Waals surface area (Å²) in [5.74, 6) is -0.280. The average molecular weight is 454 g/mol. The summed E-state index contributed by atoms with van der Waals surface area (Å²) in [6.45, 7) is 1.97. The molecule has 0 spiro atoms. The summed E-state index contributed by atoms with van der Waals surface area (Å²) in [5, 5.41) is 24.0. The normalized spacial score (nSPS) is 21.2. The number of ether oxygens (including phenoxy) is 1.